The molecule has 0 fully saturated rings. The van der Waals surface area contributed by atoms with Crippen LogP contribution in [0.4, 0.5) is 0 Å². The summed E-state index contributed by atoms with van der Waals surface area (Å²) in [5.74, 6) is -0.939. The van der Waals surface area contributed by atoms with Crippen molar-refractivity contribution in [3.8, 4) is 0 Å². The third-order valence-corrected chi connectivity index (χ3v) is 3.57. The minimum atomic E-state index is -0.490. The summed E-state index contributed by atoms with van der Waals surface area (Å²) in [6.07, 6.45) is 1.63. The maximum Gasteiger partial charge on any atom is 0.290 e. The summed E-state index contributed by atoms with van der Waals surface area (Å²) in [4.78, 5) is 26.8. The Morgan fingerprint density at radius 1 is 1.18 bits per heavy atom. The van der Waals surface area contributed by atoms with Crippen LogP contribution in [0.5, 0.6) is 0 Å². The molecule has 3 aromatic rings. The molecule has 2 aromatic heterocycles. The van der Waals surface area contributed by atoms with E-state index in [0.717, 1.165) is 15.6 Å². The van der Waals surface area contributed by atoms with Gasteiger partial charge in [0.05, 0.1) is 5.52 Å². The first kappa shape index (κ1) is 14.3. The van der Waals surface area contributed by atoms with Gasteiger partial charge in [0.1, 0.15) is 5.69 Å². The Labute approximate surface area is 133 Å². The minimum Gasteiger partial charge on any atom is -0.356 e. The summed E-state index contributed by atoms with van der Waals surface area (Å²) in [7, 11) is 0. The molecule has 22 heavy (non-hydrogen) atoms. The zero-order valence-electron chi connectivity index (χ0n) is 11.5. The topological polar surface area (TPSA) is 103 Å². The van der Waals surface area contributed by atoms with Gasteiger partial charge in [-0.25, -0.2) is 0 Å². The molecule has 7 nitrogen and oxygen atoms in total. The number of carbonyl (C=O) groups is 2. The van der Waals surface area contributed by atoms with E-state index in [2.05, 4.69) is 42.0 Å². The number of hydrazine groups is 1. The molecule has 0 saturated heterocycles. The molecule has 0 aliphatic heterocycles. The van der Waals surface area contributed by atoms with Crippen molar-refractivity contribution >= 4 is 38.6 Å². The molecule has 0 atom stereocenters. The molecule has 112 valence electrons. The number of nitrogens with one attached hydrogen (secondary N) is 4. The minimum absolute atomic E-state index is 0.228. The van der Waals surface area contributed by atoms with Crippen molar-refractivity contribution in [3.63, 3.8) is 0 Å². The second-order valence-electron chi connectivity index (χ2n) is 4.76. The van der Waals surface area contributed by atoms with Crippen molar-refractivity contribution in [1.82, 2.24) is 26.0 Å². The van der Waals surface area contributed by atoms with Crippen LogP contribution in [0.1, 0.15) is 26.5 Å². The van der Waals surface area contributed by atoms with E-state index in [1.165, 1.54) is 0 Å². The summed E-state index contributed by atoms with van der Waals surface area (Å²) < 4.78 is 0.748. The average molecular weight is 362 g/mol. The monoisotopic (exact) mass is 361 g/mol. The normalized spacial score (nSPS) is 10.6. The van der Waals surface area contributed by atoms with Crippen LogP contribution in [0.3, 0.4) is 0 Å². The van der Waals surface area contributed by atoms with Gasteiger partial charge in [0.25, 0.3) is 11.8 Å². The Morgan fingerprint density at radius 3 is 2.68 bits per heavy atom. The maximum absolute atomic E-state index is 12.1. The van der Waals surface area contributed by atoms with Crippen LogP contribution >= 0.6 is 15.9 Å². The van der Waals surface area contributed by atoms with Crippen molar-refractivity contribution in [2.45, 2.75) is 6.92 Å². The van der Waals surface area contributed by atoms with Gasteiger partial charge in [-0.2, -0.15) is 5.10 Å². The number of nitrogens with zero attached hydrogens (tertiary/aromatic N) is 1. The van der Waals surface area contributed by atoms with Gasteiger partial charge in [-0.3, -0.25) is 25.5 Å². The highest BCUT2D eigenvalue weighted by molar-refractivity contribution is 9.10. The molecular weight excluding hydrogens is 350 g/mol. The van der Waals surface area contributed by atoms with Crippen molar-refractivity contribution in [2.75, 3.05) is 0 Å². The first-order valence-electron chi connectivity index (χ1n) is 6.44. The number of H-pyrrole nitrogens is 2. The second-order valence-corrected chi connectivity index (χ2v) is 5.68. The summed E-state index contributed by atoms with van der Waals surface area (Å²) in [5.41, 5.74) is 7.02. The number of aromatic amines is 2. The molecule has 0 aliphatic rings. The number of carbonyl (C=O) groups excluding carboxylic acids is 2. The Morgan fingerprint density at radius 2 is 1.95 bits per heavy atom. The molecule has 2 amide bonds. The fourth-order valence-corrected chi connectivity index (χ4v) is 2.38. The lowest BCUT2D eigenvalue weighted by molar-refractivity contribution is 0.0842. The van der Waals surface area contributed by atoms with Crippen molar-refractivity contribution < 1.29 is 9.59 Å². The number of hydrogen-bond acceptors (Lipinski definition) is 3. The van der Waals surface area contributed by atoms with E-state index >= 15 is 0 Å². The molecular formula is C14H12BrN5O2. The molecule has 0 aliphatic carbocycles. The summed E-state index contributed by atoms with van der Waals surface area (Å²) in [6.45, 7) is 1.93. The van der Waals surface area contributed by atoms with Gasteiger partial charge in [-0.1, -0.05) is 11.6 Å². The van der Waals surface area contributed by atoms with Crippen LogP contribution in [0, 0.1) is 6.92 Å². The number of amides is 2. The molecule has 3 rings (SSSR count). The van der Waals surface area contributed by atoms with Gasteiger partial charge in [-0.05, 0) is 41.1 Å². The van der Waals surface area contributed by atoms with E-state index in [4.69, 9.17) is 0 Å². The van der Waals surface area contributed by atoms with Crippen molar-refractivity contribution in [1.29, 1.82) is 0 Å². The van der Waals surface area contributed by atoms with Crippen LogP contribution in [-0.2, 0) is 0 Å². The lowest BCUT2D eigenvalue weighted by atomic mass is 10.1. The lowest BCUT2D eigenvalue weighted by Gasteiger charge is -2.04. The molecule has 4 N–H and O–H groups in total. The SMILES string of the molecule is Cc1ccc2[nH]nc(C(=O)NNC(=O)c3cc(Br)c[nH]3)c2c1. The highest BCUT2D eigenvalue weighted by Gasteiger charge is 2.15. The highest BCUT2D eigenvalue weighted by Crippen LogP contribution is 2.17. The fraction of sp³-hybridized carbons (Fsp3) is 0.0714. The van der Waals surface area contributed by atoms with Crippen LogP contribution in [0.2, 0.25) is 0 Å². The van der Waals surface area contributed by atoms with Gasteiger partial charge in [-0.15, -0.1) is 0 Å². The molecule has 8 heteroatoms. The number of aromatic nitrogens is 3. The summed E-state index contributed by atoms with van der Waals surface area (Å²) in [6, 6.07) is 7.24. The van der Waals surface area contributed by atoms with E-state index in [9.17, 15) is 9.59 Å². The van der Waals surface area contributed by atoms with Crippen LogP contribution in [0.25, 0.3) is 10.9 Å². The third kappa shape index (κ3) is 2.73. The van der Waals surface area contributed by atoms with E-state index in [-0.39, 0.29) is 5.69 Å². The summed E-state index contributed by atoms with van der Waals surface area (Å²) in [5, 5.41) is 7.47. The smallest absolute Gasteiger partial charge is 0.290 e. The van der Waals surface area contributed by atoms with Gasteiger partial charge >= 0.3 is 0 Å². The molecule has 0 spiro atoms. The Hall–Kier alpha value is -2.61. The summed E-state index contributed by atoms with van der Waals surface area (Å²) >= 11 is 3.23. The number of halogens is 1. The highest BCUT2D eigenvalue weighted by atomic mass is 79.9. The Bertz CT molecular complexity index is 867. The van der Waals surface area contributed by atoms with E-state index in [0.29, 0.717) is 11.1 Å². The predicted molar refractivity (Wildman–Crippen MR) is 84.3 cm³/mol. The number of rotatable bonds is 2. The van der Waals surface area contributed by atoms with Crippen molar-refractivity contribution in [2.24, 2.45) is 0 Å². The first-order chi connectivity index (χ1) is 10.5. The molecule has 0 unspecified atom stereocenters. The maximum atomic E-state index is 12.1. The molecule has 0 saturated carbocycles. The standard InChI is InChI=1S/C14H12BrN5O2/c1-7-2-3-10-9(4-7)12(18-17-10)14(22)20-19-13(21)11-5-8(15)6-16-11/h2-6,16H,1H3,(H,17,18)(H,19,21)(H,20,22). The first-order valence-corrected chi connectivity index (χ1v) is 7.23. The number of aryl methyl sites for hydroxylation is 1. The lowest BCUT2D eigenvalue weighted by Crippen LogP contribution is -2.42. The molecule has 0 radical (unpaired) electrons. The number of hydrogen-bond donors (Lipinski definition) is 4. The zero-order chi connectivity index (χ0) is 15.7. The van der Waals surface area contributed by atoms with E-state index in [1.807, 2.05) is 25.1 Å². The Kier molecular flexibility index (Phi) is 3.68. The van der Waals surface area contributed by atoms with Gasteiger partial charge < -0.3 is 4.98 Å². The van der Waals surface area contributed by atoms with E-state index in [1.54, 1.807) is 12.3 Å². The molecule has 1 aromatic carbocycles. The quantitative estimate of drug-likeness (QED) is 0.525. The number of fused-ring (bicyclic) bond motifs is 1. The second kappa shape index (κ2) is 5.64. The van der Waals surface area contributed by atoms with Gasteiger partial charge in [0, 0.05) is 16.1 Å². The third-order valence-electron chi connectivity index (χ3n) is 3.12. The van der Waals surface area contributed by atoms with Gasteiger partial charge in [0.2, 0.25) is 0 Å². The molecule has 2 heterocycles. The average Bonchev–Trinajstić information content (AvgIpc) is 3.10. The largest absolute Gasteiger partial charge is 0.356 e. The fourth-order valence-electron chi connectivity index (χ4n) is 2.04. The van der Waals surface area contributed by atoms with Crippen molar-refractivity contribution in [3.05, 3.63) is 51.9 Å². The van der Waals surface area contributed by atoms with Crippen LogP contribution in [-0.4, -0.2) is 27.0 Å². The van der Waals surface area contributed by atoms with Crippen LogP contribution in [0.15, 0.2) is 34.9 Å². The van der Waals surface area contributed by atoms with Crippen LogP contribution < -0.4 is 10.9 Å². The number of benzene rings is 1. The predicted octanol–water partition coefficient (Wildman–Crippen LogP) is 2.04. The zero-order valence-corrected chi connectivity index (χ0v) is 13.1. The molecule has 0 bridgehead atoms. The Balaban J connectivity index is 1.73. The van der Waals surface area contributed by atoms with E-state index < -0.39 is 11.8 Å². The van der Waals surface area contributed by atoms with Gasteiger partial charge in [0.15, 0.2) is 5.69 Å².